The molecule has 0 aliphatic rings. The third kappa shape index (κ3) is 6.65. The molecule has 0 aromatic heterocycles. The Morgan fingerprint density at radius 1 is 0.974 bits per heavy atom. The number of hydrogen-bond acceptors (Lipinski definition) is 5. The zero-order valence-electron chi connectivity index (χ0n) is 22.1. The second-order valence-electron chi connectivity index (χ2n) is 8.94. The molecule has 1 N–H and O–H groups in total. The highest BCUT2D eigenvalue weighted by Gasteiger charge is 2.32. The number of sulfonamides is 1. The lowest BCUT2D eigenvalue weighted by Gasteiger charge is -2.32. The van der Waals surface area contributed by atoms with Gasteiger partial charge in [0.2, 0.25) is 11.8 Å². The van der Waals surface area contributed by atoms with Crippen molar-refractivity contribution in [2.24, 2.45) is 0 Å². The average molecular weight is 558 g/mol. The number of likely N-dealkylation sites (N-methyl/N-ethyl adjacent to an activating group) is 1. The normalized spacial score (nSPS) is 11.9. The summed E-state index contributed by atoms with van der Waals surface area (Å²) in [5.41, 5.74) is 2.94. The molecule has 10 heteroatoms. The molecule has 0 fully saturated rings. The fraction of sp³-hybridized carbons (Fsp3) is 0.286. The molecule has 0 spiro atoms. The number of benzene rings is 3. The van der Waals surface area contributed by atoms with Crippen molar-refractivity contribution in [2.75, 3.05) is 25.0 Å². The number of nitrogens with one attached hydrogen (secondary N) is 1. The van der Waals surface area contributed by atoms with Crippen molar-refractivity contribution in [2.45, 2.75) is 38.3 Å². The van der Waals surface area contributed by atoms with E-state index in [1.807, 2.05) is 38.1 Å². The highest BCUT2D eigenvalue weighted by molar-refractivity contribution is 7.92. The Balaban J connectivity index is 2.06. The number of ether oxygens (including phenoxy) is 1. The summed E-state index contributed by atoms with van der Waals surface area (Å²) in [6.07, 6.45) is 0. The average Bonchev–Trinajstić information content (AvgIpc) is 2.90. The van der Waals surface area contributed by atoms with Gasteiger partial charge in [-0.05, 0) is 56.7 Å². The monoisotopic (exact) mass is 557 g/mol. The maximum absolute atomic E-state index is 13.8. The number of hydrogen-bond donors (Lipinski definition) is 1. The lowest BCUT2D eigenvalue weighted by molar-refractivity contribution is -0.139. The van der Waals surface area contributed by atoms with E-state index in [4.69, 9.17) is 16.3 Å². The number of halogens is 1. The maximum Gasteiger partial charge on any atom is 0.264 e. The molecule has 0 heterocycles. The van der Waals surface area contributed by atoms with Crippen molar-refractivity contribution in [3.8, 4) is 5.75 Å². The van der Waals surface area contributed by atoms with Crippen molar-refractivity contribution in [3.05, 3.63) is 88.4 Å². The van der Waals surface area contributed by atoms with Crippen LogP contribution in [0.3, 0.4) is 0 Å². The first-order valence-electron chi connectivity index (χ1n) is 12.0. The van der Waals surface area contributed by atoms with E-state index in [2.05, 4.69) is 5.32 Å². The summed E-state index contributed by atoms with van der Waals surface area (Å²) in [5, 5.41) is 2.76. The summed E-state index contributed by atoms with van der Waals surface area (Å²) in [6.45, 7) is 4.98. The van der Waals surface area contributed by atoms with E-state index < -0.39 is 28.5 Å². The zero-order chi connectivity index (χ0) is 28.0. The van der Waals surface area contributed by atoms with Crippen molar-refractivity contribution < 1.29 is 22.7 Å². The summed E-state index contributed by atoms with van der Waals surface area (Å²) >= 11 is 6.33. The number of nitrogens with zero attached hydrogens (tertiary/aromatic N) is 2. The van der Waals surface area contributed by atoms with E-state index in [0.717, 1.165) is 21.0 Å². The molecule has 3 aromatic carbocycles. The van der Waals surface area contributed by atoms with E-state index in [1.165, 1.54) is 49.4 Å². The number of methoxy groups -OCH3 is 1. The van der Waals surface area contributed by atoms with Gasteiger partial charge in [-0.3, -0.25) is 13.9 Å². The van der Waals surface area contributed by atoms with Crippen LogP contribution in [0.2, 0.25) is 5.02 Å². The maximum atomic E-state index is 13.8. The van der Waals surface area contributed by atoms with Crippen LogP contribution in [0.15, 0.2) is 71.6 Å². The largest absolute Gasteiger partial charge is 0.495 e. The fourth-order valence-electron chi connectivity index (χ4n) is 3.86. The molecule has 0 saturated carbocycles. The second-order valence-corrected chi connectivity index (χ2v) is 11.2. The number of carbonyl (C=O) groups excluding carboxylic acids is 2. The number of anilines is 1. The molecule has 8 nitrogen and oxygen atoms in total. The zero-order valence-corrected chi connectivity index (χ0v) is 23.6. The van der Waals surface area contributed by atoms with Gasteiger partial charge in [-0.1, -0.05) is 59.1 Å². The van der Waals surface area contributed by atoms with Gasteiger partial charge < -0.3 is 15.0 Å². The molecule has 38 heavy (non-hydrogen) atoms. The van der Waals surface area contributed by atoms with Crippen molar-refractivity contribution in [1.82, 2.24) is 10.2 Å². The van der Waals surface area contributed by atoms with Crippen molar-refractivity contribution in [1.29, 1.82) is 0 Å². The summed E-state index contributed by atoms with van der Waals surface area (Å²) in [5.74, 6) is -0.557. The first-order valence-corrected chi connectivity index (χ1v) is 13.8. The van der Waals surface area contributed by atoms with Gasteiger partial charge in [0.1, 0.15) is 18.3 Å². The Kier molecular flexibility index (Phi) is 9.40. The van der Waals surface area contributed by atoms with Crippen LogP contribution in [0.4, 0.5) is 5.69 Å². The molecular formula is C28H32ClN3O5S. The minimum Gasteiger partial charge on any atom is -0.495 e. The highest BCUT2D eigenvalue weighted by Crippen LogP contribution is 2.32. The lowest BCUT2D eigenvalue weighted by atomic mass is 10.1. The Labute approximate surface area is 229 Å². The molecule has 3 aromatic rings. The molecule has 0 aliphatic carbocycles. The Morgan fingerprint density at radius 3 is 2.08 bits per heavy atom. The van der Waals surface area contributed by atoms with E-state index in [0.29, 0.717) is 5.75 Å². The predicted molar refractivity (Wildman–Crippen MR) is 149 cm³/mol. The minimum atomic E-state index is -4.18. The molecule has 2 amide bonds. The highest BCUT2D eigenvalue weighted by atomic mass is 35.5. The lowest BCUT2D eigenvalue weighted by Crippen LogP contribution is -2.50. The first kappa shape index (κ1) is 29.0. The van der Waals surface area contributed by atoms with Crippen LogP contribution in [0.1, 0.15) is 23.6 Å². The molecular weight excluding hydrogens is 526 g/mol. The van der Waals surface area contributed by atoms with Crippen LogP contribution < -0.4 is 14.4 Å². The standard InChI is InChI=1S/C28H32ClN3O5S/c1-19-6-10-22(11-7-19)17-31(21(3)28(34)30-4)27(33)18-32(23-12-15-26(37-5)25(29)16-23)38(35,36)24-13-8-20(2)9-14-24/h6-16,21H,17-18H2,1-5H3,(H,30,34)/t21-/m1/s1. The third-order valence-corrected chi connectivity index (χ3v) is 8.28. The number of aryl methyl sites for hydroxylation is 2. The summed E-state index contributed by atoms with van der Waals surface area (Å²) in [7, 11) is -1.24. The van der Waals surface area contributed by atoms with Crippen molar-refractivity contribution >= 4 is 39.1 Å². The van der Waals surface area contributed by atoms with Gasteiger partial charge in [-0.15, -0.1) is 0 Å². The summed E-state index contributed by atoms with van der Waals surface area (Å²) in [4.78, 5) is 27.7. The predicted octanol–water partition coefficient (Wildman–Crippen LogP) is 4.32. The molecule has 1 atom stereocenters. The molecule has 0 saturated heterocycles. The molecule has 0 unspecified atom stereocenters. The van der Waals surface area contributed by atoms with Crippen LogP contribution in [-0.4, -0.2) is 51.9 Å². The van der Waals surface area contributed by atoms with Crippen molar-refractivity contribution in [3.63, 3.8) is 0 Å². The van der Waals surface area contributed by atoms with Crippen LogP contribution in [-0.2, 0) is 26.2 Å². The molecule has 0 radical (unpaired) electrons. The molecule has 3 rings (SSSR count). The Hall–Kier alpha value is -3.56. The molecule has 0 bridgehead atoms. The first-order chi connectivity index (χ1) is 18.0. The van der Waals surface area contributed by atoms with Crippen LogP contribution in [0, 0.1) is 13.8 Å². The van der Waals surface area contributed by atoms with Gasteiger partial charge in [0.15, 0.2) is 0 Å². The van der Waals surface area contributed by atoms with E-state index in [1.54, 1.807) is 19.1 Å². The molecule has 202 valence electrons. The van der Waals surface area contributed by atoms with Crippen LogP contribution >= 0.6 is 11.6 Å². The van der Waals surface area contributed by atoms with Crippen LogP contribution in [0.25, 0.3) is 0 Å². The van der Waals surface area contributed by atoms with Gasteiger partial charge in [0.25, 0.3) is 10.0 Å². The van der Waals surface area contributed by atoms with Gasteiger partial charge in [0, 0.05) is 13.6 Å². The van der Waals surface area contributed by atoms with E-state index in [-0.39, 0.29) is 28.1 Å². The smallest absolute Gasteiger partial charge is 0.264 e. The van der Waals surface area contributed by atoms with Crippen LogP contribution in [0.5, 0.6) is 5.75 Å². The van der Waals surface area contributed by atoms with Gasteiger partial charge in [-0.25, -0.2) is 8.42 Å². The minimum absolute atomic E-state index is 0.0206. The summed E-state index contributed by atoms with van der Waals surface area (Å²) < 4.78 is 33.9. The van der Waals surface area contributed by atoms with Gasteiger partial charge >= 0.3 is 0 Å². The van der Waals surface area contributed by atoms with E-state index in [9.17, 15) is 18.0 Å². The fourth-order valence-corrected chi connectivity index (χ4v) is 5.52. The topological polar surface area (TPSA) is 96.0 Å². The number of rotatable bonds is 10. The third-order valence-electron chi connectivity index (χ3n) is 6.20. The SMILES string of the molecule is CNC(=O)[C@@H](C)N(Cc1ccc(C)cc1)C(=O)CN(c1ccc(OC)c(Cl)c1)S(=O)(=O)c1ccc(C)cc1. The second kappa shape index (κ2) is 12.3. The molecule has 0 aliphatic heterocycles. The Morgan fingerprint density at radius 2 is 1.55 bits per heavy atom. The number of carbonyl (C=O) groups is 2. The Bertz CT molecular complexity index is 1390. The summed E-state index contributed by atoms with van der Waals surface area (Å²) in [6, 6.07) is 17.6. The van der Waals surface area contributed by atoms with Gasteiger partial charge in [0.05, 0.1) is 22.7 Å². The van der Waals surface area contributed by atoms with Gasteiger partial charge in [-0.2, -0.15) is 0 Å². The quantitative estimate of drug-likeness (QED) is 0.400. The van der Waals surface area contributed by atoms with E-state index >= 15 is 0 Å². The number of amides is 2.